The van der Waals surface area contributed by atoms with Gasteiger partial charge in [-0.05, 0) is 24.6 Å². The number of carbonyl (C=O) groups excluding carboxylic acids is 1. The number of nitrogens with one attached hydrogen (secondary N) is 2. The van der Waals surface area contributed by atoms with Gasteiger partial charge in [0.1, 0.15) is 0 Å². The zero-order chi connectivity index (χ0) is 13.3. The second-order valence-electron chi connectivity index (χ2n) is 4.45. The van der Waals surface area contributed by atoms with Gasteiger partial charge in [0.15, 0.2) is 0 Å². The topological polar surface area (TPSA) is 41.1 Å². The van der Waals surface area contributed by atoms with E-state index < -0.39 is 30.8 Å². The van der Waals surface area contributed by atoms with E-state index in [2.05, 4.69) is 10.6 Å². The number of amides is 1. The molecule has 98 valence electrons. The maximum absolute atomic E-state index is 12.9. The Labute approximate surface area is 109 Å². The Morgan fingerprint density at radius 2 is 2.28 bits per heavy atom. The quantitative estimate of drug-likeness (QED) is 0.870. The molecule has 1 aliphatic heterocycles. The van der Waals surface area contributed by atoms with Crippen molar-refractivity contribution >= 4 is 23.2 Å². The van der Waals surface area contributed by atoms with E-state index >= 15 is 0 Å². The molecule has 18 heavy (non-hydrogen) atoms. The fraction of sp³-hybridized carbons (Fsp3) is 0.417. The van der Waals surface area contributed by atoms with E-state index in [1.807, 2.05) is 6.92 Å². The summed E-state index contributed by atoms with van der Waals surface area (Å²) in [4.78, 5) is 11.7. The standard InChI is InChI=1S/C12H13ClF2N2O/c1-7-2-3-8(4-9(7)13)17-11(18)10-5-12(14,15)6-16-10/h2-4,10,16H,5-6H2,1H3,(H,17,18). The van der Waals surface area contributed by atoms with E-state index in [-0.39, 0.29) is 0 Å². The molecule has 2 rings (SSSR count). The first-order valence-corrected chi connectivity index (χ1v) is 5.93. The molecule has 1 heterocycles. The van der Waals surface area contributed by atoms with Gasteiger partial charge in [-0.1, -0.05) is 17.7 Å². The van der Waals surface area contributed by atoms with E-state index in [4.69, 9.17) is 11.6 Å². The largest absolute Gasteiger partial charge is 0.325 e. The highest BCUT2D eigenvalue weighted by atomic mass is 35.5. The van der Waals surface area contributed by atoms with Crippen molar-refractivity contribution in [3.63, 3.8) is 0 Å². The number of alkyl halides is 2. The number of hydrogen-bond acceptors (Lipinski definition) is 2. The van der Waals surface area contributed by atoms with Crippen molar-refractivity contribution in [2.24, 2.45) is 0 Å². The van der Waals surface area contributed by atoms with Crippen molar-refractivity contribution in [1.29, 1.82) is 0 Å². The second-order valence-corrected chi connectivity index (χ2v) is 4.85. The predicted octanol–water partition coefficient (Wildman–Crippen LogP) is 2.58. The highest BCUT2D eigenvalue weighted by molar-refractivity contribution is 6.31. The molecule has 0 aliphatic carbocycles. The minimum atomic E-state index is -2.81. The summed E-state index contributed by atoms with van der Waals surface area (Å²) in [5.41, 5.74) is 1.40. The van der Waals surface area contributed by atoms with Crippen LogP contribution in [0.2, 0.25) is 5.02 Å². The Hall–Kier alpha value is -1.20. The predicted molar refractivity (Wildman–Crippen MR) is 66.2 cm³/mol. The van der Waals surface area contributed by atoms with Gasteiger partial charge in [0.25, 0.3) is 5.92 Å². The lowest BCUT2D eigenvalue weighted by atomic mass is 10.1. The van der Waals surface area contributed by atoms with Gasteiger partial charge in [-0.2, -0.15) is 0 Å². The third-order valence-electron chi connectivity index (χ3n) is 2.87. The Balaban J connectivity index is 2.01. The molecule has 0 bridgehead atoms. The summed E-state index contributed by atoms with van der Waals surface area (Å²) in [6, 6.07) is 4.18. The highest BCUT2D eigenvalue weighted by Gasteiger charge is 2.42. The van der Waals surface area contributed by atoms with Gasteiger partial charge in [-0.3, -0.25) is 10.1 Å². The SMILES string of the molecule is Cc1ccc(NC(=O)C2CC(F)(F)CN2)cc1Cl. The Bertz CT molecular complexity index is 479. The smallest absolute Gasteiger partial charge is 0.262 e. The summed E-state index contributed by atoms with van der Waals surface area (Å²) in [6.07, 6.45) is -0.474. The minimum Gasteiger partial charge on any atom is -0.325 e. The number of anilines is 1. The fourth-order valence-electron chi connectivity index (χ4n) is 1.80. The Morgan fingerprint density at radius 1 is 1.56 bits per heavy atom. The lowest BCUT2D eigenvalue weighted by molar-refractivity contribution is -0.118. The van der Waals surface area contributed by atoms with E-state index in [1.54, 1.807) is 18.2 Å². The molecular formula is C12H13ClF2N2O. The fourth-order valence-corrected chi connectivity index (χ4v) is 1.98. The first kappa shape index (κ1) is 13.2. The van der Waals surface area contributed by atoms with Crippen molar-refractivity contribution in [2.45, 2.75) is 25.3 Å². The van der Waals surface area contributed by atoms with Gasteiger partial charge in [0.05, 0.1) is 12.6 Å². The van der Waals surface area contributed by atoms with Crippen LogP contribution in [-0.4, -0.2) is 24.4 Å². The average Bonchev–Trinajstić information content (AvgIpc) is 2.64. The first-order valence-electron chi connectivity index (χ1n) is 5.56. The van der Waals surface area contributed by atoms with Gasteiger partial charge in [-0.15, -0.1) is 0 Å². The molecule has 1 amide bonds. The molecule has 0 aromatic heterocycles. The number of carbonyl (C=O) groups is 1. The van der Waals surface area contributed by atoms with Crippen LogP contribution in [0.5, 0.6) is 0 Å². The van der Waals surface area contributed by atoms with Crippen molar-refractivity contribution in [3.05, 3.63) is 28.8 Å². The Morgan fingerprint density at radius 3 is 2.83 bits per heavy atom. The number of hydrogen-bond donors (Lipinski definition) is 2. The van der Waals surface area contributed by atoms with Gasteiger partial charge in [0.2, 0.25) is 5.91 Å². The van der Waals surface area contributed by atoms with Crippen LogP contribution in [0, 0.1) is 6.92 Å². The van der Waals surface area contributed by atoms with Crippen molar-refractivity contribution < 1.29 is 13.6 Å². The van der Waals surface area contributed by atoms with Gasteiger partial charge in [-0.25, -0.2) is 8.78 Å². The summed E-state index contributed by atoms with van der Waals surface area (Å²) in [7, 11) is 0. The van der Waals surface area contributed by atoms with E-state index in [1.165, 1.54) is 0 Å². The molecule has 1 aromatic carbocycles. The van der Waals surface area contributed by atoms with Crippen LogP contribution < -0.4 is 10.6 Å². The molecule has 1 fully saturated rings. The monoisotopic (exact) mass is 274 g/mol. The zero-order valence-electron chi connectivity index (χ0n) is 9.77. The van der Waals surface area contributed by atoms with Crippen molar-refractivity contribution in [2.75, 3.05) is 11.9 Å². The van der Waals surface area contributed by atoms with Crippen LogP contribution >= 0.6 is 11.6 Å². The lowest BCUT2D eigenvalue weighted by Gasteiger charge is -2.11. The highest BCUT2D eigenvalue weighted by Crippen LogP contribution is 2.26. The molecular weight excluding hydrogens is 262 g/mol. The lowest BCUT2D eigenvalue weighted by Crippen LogP contribution is -2.35. The van der Waals surface area contributed by atoms with Crippen LogP contribution in [0.25, 0.3) is 0 Å². The molecule has 1 saturated heterocycles. The van der Waals surface area contributed by atoms with Gasteiger partial charge >= 0.3 is 0 Å². The maximum atomic E-state index is 12.9. The van der Waals surface area contributed by atoms with Gasteiger partial charge in [0, 0.05) is 17.1 Å². The van der Waals surface area contributed by atoms with Crippen molar-refractivity contribution in [1.82, 2.24) is 5.32 Å². The minimum absolute atomic E-state index is 0.459. The molecule has 0 spiro atoms. The molecule has 1 unspecified atom stereocenters. The molecule has 1 atom stereocenters. The molecule has 0 saturated carbocycles. The molecule has 6 heteroatoms. The first-order chi connectivity index (χ1) is 8.37. The normalized spacial score (nSPS) is 21.9. The van der Waals surface area contributed by atoms with Crippen LogP contribution in [0.15, 0.2) is 18.2 Å². The number of halogens is 3. The summed E-state index contributed by atoms with van der Waals surface area (Å²) in [6.45, 7) is 1.38. The molecule has 0 radical (unpaired) electrons. The molecule has 1 aromatic rings. The van der Waals surface area contributed by atoms with Crippen LogP contribution in [0.3, 0.4) is 0 Å². The summed E-state index contributed by atoms with van der Waals surface area (Å²) in [5, 5.41) is 5.59. The molecule has 3 nitrogen and oxygen atoms in total. The van der Waals surface area contributed by atoms with Crippen LogP contribution in [-0.2, 0) is 4.79 Å². The van der Waals surface area contributed by atoms with E-state index in [0.717, 1.165) is 5.56 Å². The summed E-state index contributed by atoms with van der Waals surface area (Å²) in [5.74, 6) is -3.28. The molecule has 2 N–H and O–H groups in total. The van der Waals surface area contributed by atoms with E-state index in [9.17, 15) is 13.6 Å². The number of aryl methyl sites for hydroxylation is 1. The van der Waals surface area contributed by atoms with Crippen molar-refractivity contribution in [3.8, 4) is 0 Å². The molecule has 1 aliphatic rings. The summed E-state index contributed by atoms with van der Waals surface area (Å²) >= 11 is 5.92. The number of rotatable bonds is 2. The maximum Gasteiger partial charge on any atom is 0.262 e. The average molecular weight is 275 g/mol. The third kappa shape index (κ3) is 2.97. The second kappa shape index (κ2) is 4.82. The Kier molecular flexibility index (Phi) is 3.54. The van der Waals surface area contributed by atoms with Crippen LogP contribution in [0.1, 0.15) is 12.0 Å². The van der Waals surface area contributed by atoms with Gasteiger partial charge < -0.3 is 5.32 Å². The van der Waals surface area contributed by atoms with Crippen LogP contribution in [0.4, 0.5) is 14.5 Å². The van der Waals surface area contributed by atoms with E-state index in [0.29, 0.717) is 10.7 Å². The zero-order valence-corrected chi connectivity index (χ0v) is 10.5. The number of benzene rings is 1. The third-order valence-corrected chi connectivity index (χ3v) is 3.27. The summed E-state index contributed by atoms with van der Waals surface area (Å²) < 4.78 is 25.9.